The van der Waals surface area contributed by atoms with Crippen LogP contribution in [0.5, 0.6) is 0 Å². The molecule has 1 amide bonds. The smallest absolute Gasteiger partial charge is 0.259 e. The van der Waals surface area contributed by atoms with Crippen molar-refractivity contribution < 1.29 is 4.79 Å². The van der Waals surface area contributed by atoms with Gasteiger partial charge in [-0.1, -0.05) is 48.0 Å². The predicted octanol–water partition coefficient (Wildman–Crippen LogP) is 4.30. The maximum atomic E-state index is 12.6. The van der Waals surface area contributed by atoms with Gasteiger partial charge in [0.05, 0.1) is 5.56 Å². The van der Waals surface area contributed by atoms with Gasteiger partial charge in [-0.3, -0.25) is 4.79 Å². The number of rotatable bonds is 6. The highest BCUT2D eigenvalue weighted by Gasteiger charge is 2.12. The van der Waals surface area contributed by atoms with Crippen molar-refractivity contribution in [3.05, 3.63) is 89.6 Å². The average Bonchev–Trinajstić information content (AvgIpc) is 2.65. The molecule has 1 aromatic heterocycles. The lowest BCUT2D eigenvalue weighted by Crippen LogP contribution is -2.16. The van der Waals surface area contributed by atoms with E-state index in [0.717, 1.165) is 17.7 Å². The highest BCUT2D eigenvalue weighted by Crippen LogP contribution is 2.15. The average molecular weight is 331 g/mol. The van der Waals surface area contributed by atoms with Gasteiger partial charge in [-0.2, -0.15) is 0 Å². The summed E-state index contributed by atoms with van der Waals surface area (Å²) in [6.45, 7) is 2.73. The van der Waals surface area contributed by atoms with E-state index in [2.05, 4.69) is 27.8 Å². The fourth-order valence-electron chi connectivity index (χ4n) is 2.53. The van der Waals surface area contributed by atoms with E-state index < -0.39 is 0 Å². The third-order valence-electron chi connectivity index (χ3n) is 3.91. The van der Waals surface area contributed by atoms with E-state index in [-0.39, 0.29) is 5.91 Å². The normalized spacial score (nSPS) is 10.3. The molecular formula is C21H21N3O. The van der Waals surface area contributed by atoms with Crippen molar-refractivity contribution in [1.29, 1.82) is 0 Å². The van der Waals surface area contributed by atoms with E-state index in [9.17, 15) is 4.79 Å². The molecule has 0 saturated carbocycles. The molecule has 4 heteroatoms. The molecule has 0 bridgehead atoms. The molecule has 3 rings (SSSR count). The van der Waals surface area contributed by atoms with Crippen LogP contribution in [0.1, 0.15) is 21.5 Å². The van der Waals surface area contributed by atoms with Crippen LogP contribution in [0.4, 0.5) is 11.5 Å². The van der Waals surface area contributed by atoms with Crippen LogP contribution in [0.2, 0.25) is 0 Å². The van der Waals surface area contributed by atoms with Crippen LogP contribution in [0.15, 0.2) is 72.9 Å². The second-order valence-electron chi connectivity index (χ2n) is 5.88. The minimum atomic E-state index is -0.167. The van der Waals surface area contributed by atoms with Crippen molar-refractivity contribution >= 4 is 17.4 Å². The molecule has 0 fully saturated rings. The fraction of sp³-hybridized carbons (Fsp3) is 0.143. The van der Waals surface area contributed by atoms with Crippen molar-refractivity contribution in [2.45, 2.75) is 13.3 Å². The summed E-state index contributed by atoms with van der Waals surface area (Å²) >= 11 is 0. The molecule has 3 aromatic rings. The van der Waals surface area contributed by atoms with Crippen molar-refractivity contribution in [3.63, 3.8) is 0 Å². The molecule has 0 saturated heterocycles. The molecule has 126 valence electrons. The lowest BCUT2D eigenvalue weighted by atomic mass is 10.1. The molecule has 0 aliphatic heterocycles. The molecule has 0 atom stereocenters. The molecule has 2 N–H and O–H groups in total. The zero-order chi connectivity index (χ0) is 17.5. The maximum absolute atomic E-state index is 12.6. The molecule has 0 radical (unpaired) electrons. The Labute approximate surface area is 147 Å². The summed E-state index contributed by atoms with van der Waals surface area (Å²) in [4.78, 5) is 16.9. The van der Waals surface area contributed by atoms with Gasteiger partial charge < -0.3 is 10.6 Å². The van der Waals surface area contributed by atoms with Crippen LogP contribution >= 0.6 is 0 Å². The van der Waals surface area contributed by atoms with Gasteiger partial charge in [0.25, 0.3) is 5.91 Å². The summed E-state index contributed by atoms with van der Waals surface area (Å²) in [6.07, 6.45) is 2.56. The highest BCUT2D eigenvalue weighted by molar-refractivity contribution is 6.07. The number of hydrogen-bond donors (Lipinski definition) is 2. The van der Waals surface area contributed by atoms with Gasteiger partial charge in [-0.05, 0) is 43.2 Å². The molecule has 2 aromatic carbocycles. The van der Waals surface area contributed by atoms with Crippen LogP contribution < -0.4 is 10.6 Å². The second-order valence-corrected chi connectivity index (χ2v) is 5.88. The molecule has 25 heavy (non-hydrogen) atoms. The Balaban J connectivity index is 1.65. The molecule has 0 aliphatic rings. The monoisotopic (exact) mass is 331 g/mol. The zero-order valence-electron chi connectivity index (χ0n) is 14.2. The summed E-state index contributed by atoms with van der Waals surface area (Å²) in [7, 11) is 0. The summed E-state index contributed by atoms with van der Waals surface area (Å²) in [5, 5.41) is 6.18. The largest absolute Gasteiger partial charge is 0.369 e. The van der Waals surface area contributed by atoms with E-state index in [1.165, 1.54) is 5.56 Å². The van der Waals surface area contributed by atoms with Crippen molar-refractivity contribution in [1.82, 2.24) is 4.98 Å². The topological polar surface area (TPSA) is 54.0 Å². The van der Waals surface area contributed by atoms with Gasteiger partial charge in [0.1, 0.15) is 5.82 Å². The van der Waals surface area contributed by atoms with Crippen LogP contribution in [-0.2, 0) is 6.42 Å². The van der Waals surface area contributed by atoms with Gasteiger partial charge in [-0.15, -0.1) is 0 Å². The predicted molar refractivity (Wildman–Crippen MR) is 102 cm³/mol. The van der Waals surface area contributed by atoms with Crippen LogP contribution in [-0.4, -0.2) is 17.4 Å². The summed E-state index contributed by atoms with van der Waals surface area (Å²) in [5.41, 5.74) is 3.71. The highest BCUT2D eigenvalue weighted by atomic mass is 16.1. The number of carbonyl (C=O) groups is 1. The molecule has 1 heterocycles. The summed E-state index contributed by atoms with van der Waals surface area (Å²) in [6, 6.07) is 21.5. The number of aryl methyl sites for hydroxylation is 1. The maximum Gasteiger partial charge on any atom is 0.259 e. The summed E-state index contributed by atoms with van der Waals surface area (Å²) < 4.78 is 0. The number of nitrogens with one attached hydrogen (secondary N) is 2. The number of anilines is 2. The fourth-order valence-corrected chi connectivity index (χ4v) is 2.53. The number of benzene rings is 2. The van der Waals surface area contributed by atoms with Crippen LogP contribution in [0.3, 0.4) is 0 Å². The quantitative estimate of drug-likeness (QED) is 0.708. The Hall–Kier alpha value is -3.14. The van der Waals surface area contributed by atoms with Gasteiger partial charge >= 0.3 is 0 Å². The van der Waals surface area contributed by atoms with Crippen LogP contribution in [0.25, 0.3) is 0 Å². The Bertz CT molecular complexity index is 829. The van der Waals surface area contributed by atoms with Crippen molar-refractivity contribution in [3.8, 4) is 0 Å². The first-order chi connectivity index (χ1) is 12.2. The van der Waals surface area contributed by atoms with E-state index in [1.54, 1.807) is 18.3 Å². The van der Waals surface area contributed by atoms with E-state index in [1.807, 2.05) is 49.4 Å². The van der Waals surface area contributed by atoms with Crippen molar-refractivity contribution in [2.24, 2.45) is 0 Å². The zero-order valence-corrected chi connectivity index (χ0v) is 14.2. The lowest BCUT2D eigenvalue weighted by molar-refractivity contribution is 0.102. The third kappa shape index (κ3) is 4.67. The first-order valence-electron chi connectivity index (χ1n) is 8.33. The van der Waals surface area contributed by atoms with Gasteiger partial charge in [0.2, 0.25) is 0 Å². The Kier molecular flexibility index (Phi) is 5.42. The lowest BCUT2D eigenvalue weighted by Gasteiger charge is -2.11. The molecule has 0 aliphatic carbocycles. The Morgan fingerprint density at radius 3 is 2.48 bits per heavy atom. The van der Waals surface area contributed by atoms with Gasteiger partial charge in [0.15, 0.2) is 0 Å². The first-order valence-corrected chi connectivity index (χ1v) is 8.33. The van der Waals surface area contributed by atoms with E-state index in [0.29, 0.717) is 17.9 Å². The molecular weight excluding hydrogens is 310 g/mol. The SMILES string of the molecule is Cc1ccc(NC(=O)c2cccnc2NCCc2ccccc2)cc1. The standard InChI is InChI=1S/C21H21N3O/c1-16-9-11-18(12-10-16)24-21(25)19-8-5-14-22-20(19)23-15-13-17-6-3-2-4-7-17/h2-12,14H,13,15H2,1H3,(H,22,23)(H,24,25). The number of amides is 1. The van der Waals surface area contributed by atoms with Crippen molar-refractivity contribution in [2.75, 3.05) is 17.2 Å². The van der Waals surface area contributed by atoms with Crippen LogP contribution in [0, 0.1) is 6.92 Å². The third-order valence-corrected chi connectivity index (χ3v) is 3.91. The Morgan fingerprint density at radius 2 is 1.72 bits per heavy atom. The first kappa shape index (κ1) is 16.7. The van der Waals surface area contributed by atoms with E-state index in [4.69, 9.17) is 0 Å². The Morgan fingerprint density at radius 1 is 0.960 bits per heavy atom. The molecule has 0 spiro atoms. The van der Waals surface area contributed by atoms with Gasteiger partial charge in [-0.25, -0.2) is 4.98 Å². The summed E-state index contributed by atoms with van der Waals surface area (Å²) in [5.74, 6) is 0.433. The number of hydrogen-bond acceptors (Lipinski definition) is 3. The van der Waals surface area contributed by atoms with E-state index >= 15 is 0 Å². The van der Waals surface area contributed by atoms with Gasteiger partial charge in [0, 0.05) is 18.4 Å². The number of aromatic nitrogens is 1. The molecule has 4 nitrogen and oxygen atoms in total. The number of pyridine rings is 1. The number of carbonyl (C=O) groups excluding carboxylic acids is 1. The minimum absolute atomic E-state index is 0.167. The molecule has 0 unspecified atom stereocenters. The second kappa shape index (κ2) is 8.11. The number of nitrogens with zero attached hydrogens (tertiary/aromatic N) is 1. The minimum Gasteiger partial charge on any atom is -0.369 e.